The molecule has 5 rings (SSSR count). The molecule has 0 bridgehead atoms. The highest BCUT2D eigenvalue weighted by atomic mass is 32.2. The van der Waals surface area contributed by atoms with Crippen LogP contribution < -0.4 is 0 Å². The molecule has 0 atom stereocenters. The van der Waals surface area contributed by atoms with Crippen molar-refractivity contribution in [3.05, 3.63) is 83.9 Å². The molecule has 0 aliphatic heterocycles. The van der Waals surface area contributed by atoms with E-state index in [1.807, 2.05) is 6.92 Å². The molecule has 0 N–H and O–H groups in total. The minimum atomic E-state index is -4.48. The number of benzene rings is 2. The highest BCUT2D eigenvalue weighted by Crippen LogP contribution is 2.32. The molecule has 3 heterocycles. The van der Waals surface area contributed by atoms with E-state index < -0.39 is 22.0 Å². The van der Waals surface area contributed by atoms with E-state index in [2.05, 4.69) is 10.1 Å². The first-order chi connectivity index (χ1) is 17.4. The number of alkyl halides is 3. The van der Waals surface area contributed by atoms with Gasteiger partial charge in [-0.25, -0.2) is 4.98 Å². The van der Waals surface area contributed by atoms with Gasteiger partial charge in [0.2, 0.25) is 5.78 Å². The van der Waals surface area contributed by atoms with Crippen LogP contribution in [0.15, 0.2) is 71.9 Å². The number of hydrogen-bond acceptors (Lipinski definition) is 5. The smallest absolute Gasteiger partial charge is 0.315 e. The van der Waals surface area contributed by atoms with Crippen molar-refractivity contribution in [2.24, 2.45) is 14.1 Å². The molecule has 37 heavy (non-hydrogen) atoms. The van der Waals surface area contributed by atoms with Crippen LogP contribution >= 0.6 is 0 Å². The molecule has 0 unspecified atom stereocenters. The van der Waals surface area contributed by atoms with Gasteiger partial charge in [0.05, 0.1) is 22.0 Å². The van der Waals surface area contributed by atoms with Crippen molar-refractivity contribution >= 4 is 15.9 Å². The lowest BCUT2D eigenvalue weighted by Crippen LogP contribution is -2.11. The van der Waals surface area contributed by atoms with Gasteiger partial charge in [-0.1, -0.05) is 42.0 Å². The summed E-state index contributed by atoms with van der Waals surface area (Å²) >= 11 is 0. The van der Waals surface area contributed by atoms with Gasteiger partial charge in [0.1, 0.15) is 12.3 Å². The molecule has 0 amide bonds. The topological polar surface area (TPSA) is 83.4 Å². The Balaban J connectivity index is 1.34. The number of hydrogen-bond donors (Lipinski definition) is 0. The Kier molecular flexibility index (Phi) is 5.95. The molecule has 8 nitrogen and oxygen atoms in total. The zero-order valence-electron chi connectivity index (χ0n) is 20.1. The van der Waals surface area contributed by atoms with Crippen LogP contribution in [0.25, 0.3) is 28.3 Å². The third-order valence-electron chi connectivity index (χ3n) is 6.05. The number of fused-ring (bicyclic) bond motifs is 1. The van der Waals surface area contributed by atoms with E-state index in [0.717, 1.165) is 21.9 Å². The molecule has 0 saturated heterocycles. The maximum absolute atomic E-state index is 13.1. The average molecular weight is 530 g/mol. The highest BCUT2D eigenvalue weighted by Gasteiger charge is 2.35. The van der Waals surface area contributed by atoms with E-state index in [4.69, 9.17) is 4.18 Å². The molecule has 2 aromatic carbocycles. The largest absolute Gasteiger partial charge is 0.433 e. The summed E-state index contributed by atoms with van der Waals surface area (Å²) < 4.78 is 73.8. The Labute approximate surface area is 210 Å². The molecule has 5 aromatic rings. The van der Waals surface area contributed by atoms with Gasteiger partial charge in [-0.2, -0.15) is 26.7 Å². The Morgan fingerprint density at radius 2 is 1.54 bits per heavy atom. The van der Waals surface area contributed by atoms with Crippen LogP contribution in [0.5, 0.6) is 0 Å². The second kappa shape index (κ2) is 8.89. The van der Waals surface area contributed by atoms with Crippen LogP contribution in [0, 0.1) is 6.92 Å². The summed E-state index contributed by atoms with van der Waals surface area (Å²) in [4.78, 5) is 4.71. The fourth-order valence-electron chi connectivity index (χ4n) is 3.97. The van der Waals surface area contributed by atoms with Crippen LogP contribution in [0.1, 0.15) is 17.0 Å². The van der Waals surface area contributed by atoms with E-state index in [9.17, 15) is 21.6 Å². The summed E-state index contributed by atoms with van der Waals surface area (Å²) in [6.07, 6.45) is -0.965. The molecule has 0 aliphatic carbocycles. The van der Waals surface area contributed by atoms with Gasteiger partial charge in [0.25, 0.3) is 10.1 Å². The molecule has 0 radical (unpaired) electrons. The molecule has 0 saturated carbocycles. The van der Waals surface area contributed by atoms with Crippen LogP contribution in [0.4, 0.5) is 13.2 Å². The molecule has 12 heteroatoms. The minimum absolute atomic E-state index is 0.0863. The zero-order chi connectivity index (χ0) is 26.5. The van der Waals surface area contributed by atoms with Gasteiger partial charge in [-0.15, -0.1) is 0 Å². The first-order valence-electron chi connectivity index (χ1n) is 11.1. The molecule has 0 fully saturated rings. The Morgan fingerprint density at radius 1 is 0.919 bits per heavy atom. The normalized spacial score (nSPS) is 12.5. The summed E-state index contributed by atoms with van der Waals surface area (Å²) in [5, 5.41) is 3.97. The van der Waals surface area contributed by atoms with Gasteiger partial charge in [0, 0.05) is 37.6 Å². The zero-order valence-corrected chi connectivity index (χ0v) is 20.9. The molecule has 0 aliphatic rings. The minimum Gasteiger partial charge on any atom is -0.315 e. The maximum atomic E-state index is 13.1. The Morgan fingerprint density at radius 3 is 2.11 bits per heavy atom. The number of rotatable bonds is 6. The van der Waals surface area contributed by atoms with Crippen molar-refractivity contribution in [2.45, 2.75) is 24.6 Å². The van der Waals surface area contributed by atoms with E-state index in [-0.39, 0.29) is 17.2 Å². The molecule has 192 valence electrons. The predicted molar refractivity (Wildman–Crippen MR) is 130 cm³/mol. The second-order valence-corrected chi connectivity index (χ2v) is 10.3. The van der Waals surface area contributed by atoms with Crippen molar-refractivity contribution < 1.29 is 25.8 Å². The van der Waals surface area contributed by atoms with Crippen LogP contribution in [-0.2, 0) is 41.2 Å². The quantitative estimate of drug-likeness (QED) is 0.290. The number of halogens is 3. The van der Waals surface area contributed by atoms with Gasteiger partial charge in [-0.05, 0) is 25.1 Å². The lowest BCUT2D eigenvalue weighted by Gasteiger charge is -2.06. The number of aromatic nitrogens is 5. The van der Waals surface area contributed by atoms with Crippen molar-refractivity contribution in [1.29, 1.82) is 0 Å². The third-order valence-corrected chi connectivity index (χ3v) is 7.33. The van der Waals surface area contributed by atoms with E-state index >= 15 is 0 Å². The van der Waals surface area contributed by atoms with Crippen LogP contribution in [-0.4, -0.2) is 32.2 Å². The average Bonchev–Trinajstić information content (AvgIpc) is 3.52. The molecule has 3 aromatic heterocycles. The van der Waals surface area contributed by atoms with E-state index in [1.165, 1.54) is 19.2 Å². The summed E-state index contributed by atoms with van der Waals surface area (Å²) in [6, 6.07) is 14.3. The van der Waals surface area contributed by atoms with Crippen LogP contribution in [0.2, 0.25) is 0 Å². The predicted octanol–water partition coefficient (Wildman–Crippen LogP) is 4.97. The van der Waals surface area contributed by atoms with Crippen molar-refractivity contribution in [3.63, 3.8) is 0 Å². The Bertz CT molecular complexity index is 1700. The lowest BCUT2D eigenvalue weighted by molar-refractivity contribution is -0.143. The third kappa shape index (κ3) is 4.77. The molecule has 0 spiro atoms. The number of nitrogens with zero attached hydrogens (tertiary/aromatic N) is 5. The summed E-state index contributed by atoms with van der Waals surface area (Å²) in [5.41, 5.74) is 2.91. The standard InChI is InChI=1S/C25H22F3N5O3S/c1-16-4-10-20(11-5-16)37(34,35)36-15-19-13-33-14-22(29-24(33)31(19)2)18-8-6-17(7-9-18)21-12-23(25(26,27)28)32(3)30-21/h4-14H,15H2,1-3H3. The highest BCUT2D eigenvalue weighted by molar-refractivity contribution is 7.86. The number of aryl methyl sites for hydroxylation is 3. The van der Waals surface area contributed by atoms with Crippen molar-refractivity contribution in [3.8, 4) is 22.5 Å². The van der Waals surface area contributed by atoms with Crippen molar-refractivity contribution in [1.82, 2.24) is 23.7 Å². The Hall–Kier alpha value is -3.90. The van der Waals surface area contributed by atoms with E-state index in [0.29, 0.717) is 22.7 Å². The van der Waals surface area contributed by atoms with E-state index in [1.54, 1.807) is 64.8 Å². The van der Waals surface area contributed by atoms with Gasteiger partial charge in [-0.3, -0.25) is 13.3 Å². The number of imidazole rings is 2. The van der Waals surface area contributed by atoms with Gasteiger partial charge < -0.3 is 4.57 Å². The lowest BCUT2D eigenvalue weighted by atomic mass is 10.1. The molecular weight excluding hydrogens is 507 g/mol. The summed E-state index contributed by atoms with van der Waals surface area (Å²) in [7, 11) is -0.898. The van der Waals surface area contributed by atoms with Gasteiger partial charge in [0.15, 0.2) is 0 Å². The first kappa shape index (κ1) is 24.8. The summed E-state index contributed by atoms with van der Waals surface area (Å²) in [5.74, 6) is 0.574. The fourth-order valence-corrected chi connectivity index (χ4v) is 4.85. The SMILES string of the molecule is Cc1ccc(S(=O)(=O)OCc2cn3cc(-c4ccc(-c5cc(C(F)(F)F)n(C)n5)cc4)nc3n2C)cc1. The maximum Gasteiger partial charge on any atom is 0.433 e. The van der Waals surface area contributed by atoms with Crippen LogP contribution in [0.3, 0.4) is 0 Å². The second-order valence-electron chi connectivity index (χ2n) is 8.66. The fraction of sp³-hybridized carbons (Fsp3) is 0.200. The molecular formula is C25H22F3N5O3S. The van der Waals surface area contributed by atoms with Gasteiger partial charge >= 0.3 is 6.18 Å². The summed E-state index contributed by atoms with van der Waals surface area (Å²) in [6.45, 7) is 1.71. The first-order valence-corrected chi connectivity index (χ1v) is 12.5. The monoisotopic (exact) mass is 529 g/mol. The van der Waals surface area contributed by atoms with Crippen molar-refractivity contribution in [2.75, 3.05) is 0 Å².